The standard InChI is InChI=1S/C6H12SSe/c1-3-5-6(8)7-4-2/h3-5H2,1-2H3. The average Bonchev–Trinajstić information content (AvgIpc) is 1.68. The molecule has 0 aromatic carbocycles. The third-order valence-electron chi connectivity index (χ3n) is 0.759. The third-order valence-corrected chi connectivity index (χ3v) is 2.74. The molecule has 48 valence electrons. The predicted molar refractivity (Wildman–Crippen MR) is 43.8 cm³/mol. The summed E-state index contributed by atoms with van der Waals surface area (Å²) in [4.78, 5) is 0. The normalized spacial score (nSPS) is 9.25. The van der Waals surface area contributed by atoms with Gasteiger partial charge in [-0.15, -0.1) is 0 Å². The zero-order valence-corrected chi connectivity index (χ0v) is 7.97. The Morgan fingerprint density at radius 1 is 1.50 bits per heavy atom. The van der Waals surface area contributed by atoms with Crippen LogP contribution in [0.5, 0.6) is 0 Å². The fourth-order valence-electron chi connectivity index (χ4n) is 0.437. The van der Waals surface area contributed by atoms with Crippen LogP contribution in [-0.2, 0) is 0 Å². The van der Waals surface area contributed by atoms with Crippen LogP contribution in [-0.4, -0.2) is 25.1 Å². The summed E-state index contributed by atoms with van der Waals surface area (Å²) in [6.07, 6.45) is 2.49. The van der Waals surface area contributed by atoms with Gasteiger partial charge in [-0.05, 0) is 0 Å². The molecule has 0 heterocycles. The Morgan fingerprint density at radius 2 is 2.12 bits per heavy atom. The topological polar surface area (TPSA) is 0 Å². The SMILES string of the molecule is CCCC(=[Se])SCC. The molecule has 0 fully saturated rings. The molecule has 0 aromatic heterocycles. The molecule has 0 aliphatic heterocycles. The Hall–Kier alpha value is 0.739. The van der Waals surface area contributed by atoms with E-state index in [1.165, 1.54) is 22.3 Å². The number of hydrogen-bond donors (Lipinski definition) is 0. The van der Waals surface area contributed by atoms with Crippen molar-refractivity contribution in [2.75, 3.05) is 5.75 Å². The van der Waals surface area contributed by atoms with Gasteiger partial charge in [0.2, 0.25) is 0 Å². The van der Waals surface area contributed by atoms with E-state index in [0.717, 1.165) is 0 Å². The Morgan fingerprint density at radius 3 is 2.50 bits per heavy atom. The van der Waals surface area contributed by atoms with Crippen molar-refractivity contribution >= 4 is 31.1 Å². The van der Waals surface area contributed by atoms with Gasteiger partial charge in [0.1, 0.15) is 0 Å². The van der Waals surface area contributed by atoms with Crippen LogP contribution in [0.15, 0.2) is 0 Å². The van der Waals surface area contributed by atoms with Crippen LogP contribution in [0, 0.1) is 0 Å². The van der Waals surface area contributed by atoms with Gasteiger partial charge in [-0.2, -0.15) is 0 Å². The molecule has 0 amide bonds. The van der Waals surface area contributed by atoms with Gasteiger partial charge >= 0.3 is 63.5 Å². The van der Waals surface area contributed by atoms with Crippen LogP contribution < -0.4 is 0 Å². The molecular formula is C6H12SSe. The van der Waals surface area contributed by atoms with E-state index in [2.05, 4.69) is 29.4 Å². The van der Waals surface area contributed by atoms with Gasteiger partial charge in [0.25, 0.3) is 0 Å². The van der Waals surface area contributed by atoms with Crippen LogP contribution in [0.1, 0.15) is 26.7 Å². The molecule has 0 aliphatic carbocycles. The van der Waals surface area contributed by atoms with E-state index >= 15 is 0 Å². The number of thioether (sulfide) groups is 1. The summed E-state index contributed by atoms with van der Waals surface area (Å²) in [6.45, 7) is 4.38. The minimum atomic E-state index is 1.20. The van der Waals surface area contributed by atoms with E-state index in [0.29, 0.717) is 0 Å². The van der Waals surface area contributed by atoms with Crippen molar-refractivity contribution in [3.8, 4) is 0 Å². The number of rotatable bonds is 4. The fraction of sp³-hybridized carbons (Fsp3) is 0.833. The zero-order valence-electron chi connectivity index (χ0n) is 5.44. The van der Waals surface area contributed by atoms with E-state index in [1.807, 2.05) is 11.8 Å². The molecule has 0 aliphatic rings. The molecule has 8 heavy (non-hydrogen) atoms. The molecule has 2 heteroatoms. The Labute approximate surface area is 63.8 Å². The third kappa shape index (κ3) is 4.89. The average molecular weight is 195 g/mol. The van der Waals surface area contributed by atoms with Gasteiger partial charge in [0.15, 0.2) is 0 Å². The molecule has 0 unspecified atom stereocenters. The molecular weight excluding hydrogens is 183 g/mol. The first-order valence-corrected chi connectivity index (χ1v) is 4.81. The van der Waals surface area contributed by atoms with E-state index in [4.69, 9.17) is 0 Å². The molecule has 0 nitrogen and oxygen atoms in total. The maximum absolute atomic E-state index is 3.06. The second-order valence-electron chi connectivity index (χ2n) is 1.56. The minimum absolute atomic E-state index is 1.20. The molecule has 0 saturated heterocycles. The van der Waals surface area contributed by atoms with Gasteiger partial charge < -0.3 is 0 Å². The first kappa shape index (κ1) is 8.74. The molecule has 0 saturated carbocycles. The number of hydrogen-bond acceptors (Lipinski definition) is 1. The molecule has 0 aromatic rings. The van der Waals surface area contributed by atoms with Crippen molar-refractivity contribution in [1.82, 2.24) is 0 Å². The van der Waals surface area contributed by atoms with Crippen LogP contribution in [0.4, 0.5) is 0 Å². The van der Waals surface area contributed by atoms with Crippen molar-refractivity contribution in [1.29, 1.82) is 0 Å². The predicted octanol–water partition coefficient (Wildman–Crippen LogP) is 1.84. The quantitative estimate of drug-likeness (QED) is 0.617. The van der Waals surface area contributed by atoms with Crippen molar-refractivity contribution < 1.29 is 0 Å². The van der Waals surface area contributed by atoms with Gasteiger partial charge in [-0.3, -0.25) is 0 Å². The van der Waals surface area contributed by atoms with Crippen molar-refractivity contribution in [2.45, 2.75) is 26.7 Å². The Kier molecular flexibility index (Phi) is 6.41. The van der Waals surface area contributed by atoms with Crippen molar-refractivity contribution in [3.05, 3.63) is 0 Å². The molecule has 0 spiro atoms. The first-order chi connectivity index (χ1) is 3.81. The second kappa shape index (κ2) is 5.87. The molecule has 0 bridgehead atoms. The molecule has 0 radical (unpaired) electrons. The first-order valence-electron chi connectivity index (χ1n) is 2.96. The summed E-state index contributed by atoms with van der Waals surface area (Å²) < 4.78 is 1.45. The van der Waals surface area contributed by atoms with Gasteiger partial charge in [0.05, 0.1) is 0 Å². The van der Waals surface area contributed by atoms with Crippen LogP contribution in [0.25, 0.3) is 0 Å². The summed E-state index contributed by atoms with van der Waals surface area (Å²) in [5.74, 6) is 1.20. The molecule has 0 atom stereocenters. The Balaban J connectivity index is 3.06. The Bertz CT molecular complexity index is 62.9. The van der Waals surface area contributed by atoms with Crippen molar-refractivity contribution in [2.24, 2.45) is 0 Å². The maximum atomic E-state index is 3.06. The van der Waals surface area contributed by atoms with E-state index in [-0.39, 0.29) is 0 Å². The molecule has 0 N–H and O–H groups in total. The monoisotopic (exact) mass is 196 g/mol. The van der Waals surface area contributed by atoms with E-state index in [9.17, 15) is 0 Å². The zero-order chi connectivity index (χ0) is 6.41. The molecule has 0 rings (SSSR count). The summed E-state index contributed by atoms with van der Waals surface area (Å²) in [5.41, 5.74) is 0. The van der Waals surface area contributed by atoms with Crippen molar-refractivity contribution in [3.63, 3.8) is 0 Å². The van der Waals surface area contributed by atoms with Crippen LogP contribution >= 0.6 is 11.8 Å². The van der Waals surface area contributed by atoms with Gasteiger partial charge in [-0.1, -0.05) is 0 Å². The van der Waals surface area contributed by atoms with Gasteiger partial charge in [-0.25, -0.2) is 0 Å². The summed E-state index contributed by atoms with van der Waals surface area (Å²) in [6, 6.07) is 0. The summed E-state index contributed by atoms with van der Waals surface area (Å²) >= 11 is 4.98. The van der Waals surface area contributed by atoms with E-state index < -0.39 is 0 Å². The van der Waals surface area contributed by atoms with Gasteiger partial charge in [0, 0.05) is 0 Å². The fourth-order valence-corrected chi connectivity index (χ4v) is 2.28. The summed E-state index contributed by atoms with van der Waals surface area (Å²) in [5, 5.41) is 0. The van der Waals surface area contributed by atoms with E-state index in [1.54, 1.807) is 0 Å². The summed E-state index contributed by atoms with van der Waals surface area (Å²) in [7, 11) is 0. The van der Waals surface area contributed by atoms with Crippen LogP contribution in [0.3, 0.4) is 0 Å². The van der Waals surface area contributed by atoms with Crippen LogP contribution in [0.2, 0.25) is 0 Å². The second-order valence-corrected chi connectivity index (χ2v) is 4.53.